The van der Waals surface area contributed by atoms with Gasteiger partial charge in [0.2, 0.25) is 5.28 Å². The highest BCUT2D eigenvalue weighted by atomic mass is 35.5. The van der Waals surface area contributed by atoms with Gasteiger partial charge in [0.15, 0.2) is 5.65 Å². The van der Waals surface area contributed by atoms with Crippen molar-refractivity contribution in [2.45, 2.75) is 11.8 Å². The van der Waals surface area contributed by atoms with Crippen LogP contribution in [0.25, 0.3) is 33.4 Å². The summed E-state index contributed by atoms with van der Waals surface area (Å²) in [6.07, 6.45) is 8.11. The molecule has 0 N–H and O–H groups in total. The molecule has 0 aliphatic carbocycles. The summed E-state index contributed by atoms with van der Waals surface area (Å²) in [6.45, 7) is 1.90. The molecule has 0 saturated carbocycles. The van der Waals surface area contributed by atoms with Gasteiger partial charge < -0.3 is 0 Å². The first kappa shape index (κ1) is 20.3. The van der Waals surface area contributed by atoms with Crippen molar-refractivity contribution in [3.05, 3.63) is 90.4 Å². The molecule has 5 aromatic rings. The maximum Gasteiger partial charge on any atom is 0.269 e. The number of nitrogens with zero attached hydrogens (tertiary/aromatic N) is 5. The summed E-state index contributed by atoms with van der Waals surface area (Å²) in [5, 5.41) is 0.693. The lowest BCUT2D eigenvalue weighted by atomic mass is 10.1. The lowest BCUT2D eigenvalue weighted by Crippen LogP contribution is -2.12. The maximum atomic E-state index is 13.5. The molecule has 0 atom stereocenters. The third-order valence-corrected chi connectivity index (χ3v) is 6.93. The van der Waals surface area contributed by atoms with Crippen molar-refractivity contribution >= 4 is 32.7 Å². The van der Waals surface area contributed by atoms with Crippen LogP contribution in [0.4, 0.5) is 0 Å². The summed E-state index contributed by atoms with van der Waals surface area (Å²) in [6, 6.07) is 14.0. The van der Waals surface area contributed by atoms with Gasteiger partial charge in [0, 0.05) is 53.1 Å². The van der Waals surface area contributed by atoms with Gasteiger partial charge in [0.25, 0.3) is 10.0 Å². The average molecular weight is 462 g/mol. The highest BCUT2D eigenvalue weighted by molar-refractivity contribution is 7.90. The first-order valence-corrected chi connectivity index (χ1v) is 11.5. The highest BCUT2D eigenvalue weighted by Crippen LogP contribution is 2.34. The number of aryl methyl sites for hydroxylation is 1. The molecule has 7 nitrogen and oxygen atoms in total. The van der Waals surface area contributed by atoms with E-state index in [9.17, 15) is 8.42 Å². The van der Waals surface area contributed by atoms with Crippen molar-refractivity contribution < 1.29 is 8.42 Å². The van der Waals surface area contributed by atoms with Crippen molar-refractivity contribution in [1.29, 1.82) is 0 Å². The summed E-state index contributed by atoms with van der Waals surface area (Å²) in [4.78, 5) is 17.1. The Bertz CT molecular complexity index is 1550. The number of rotatable bonds is 4. The largest absolute Gasteiger partial charge is 0.269 e. The van der Waals surface area contributed by atoms with Gasteiger partial charge in [-0.2, -0.15) is 0 Å². The highest BCUT2D eigenvalue weighted by Gasteiger charge is 2.24. The van der Waals surface area contributed by atoms with Gasteiger partial charge in [0.05, 0.1) is 10.6 Å². The monoisotopic (exact) mass is 461 g/mol. The molecule has 158 valence electrons. The van der Waals surface area contributed by atoms with E-state index in [4.69, 9.17) is 11.6 Å². The summed E-state index contributed by atoms with van der Waals surface area (Å²) in [5.41, 5.74) is 4.01. The molecule has 0 spiro atoms. The van der Waals surface area contributed by atoms with E-state index in [2.05, 4.69) is 19.9 Å². The molecule has 1 aromatic carbocycles. The van der Waals surface area contributed by atoms with Crippen molar-refractivity contribution in [2.75, 3.05) is 0 Å². The number of pyridine rings is 2. The zero-order chi connectivity index (χ0) is 22.3. The van der Waals surface area contributed by atoms with E-state index < -0.39 is 10.0 Å². The number of benzene rings is 1. The van der Waals surface area contributed by atoms with E-state index in [0.29, 0.717) is 22.3 Å². The van der Waals surface area contributed by atoms with Gasteiger partial charge in [-0.25, -0.2) is 27.3 Å². The molecule has 32 heavy (non-hydrogen) atoms. The van der Waals surface area contributed by atoms with Crippen LogP contribution in [-0.4, -0.2) is 32.3 Å². The molecule has 4 aromatic heterocycles. The number of hydrogen-bond donors (Lipinski definition) is 0. The zero-order valence-electron chi connectivity index (χ0n) is 16.8. The summed E-state index contributed by atoms with van der Waals surface area (Å²) in [7, 11) is -3.89. The third kappa shape index (κ3) is 3.53. The predicted molar refractivity (Wildman–Crippen MR) is 123 cm³/mol. The van der Waals surface area contributed by atoms with Gasteiger partial charge in [-0.1, -0.05) is 23.8 Å². The minimum Gasteiger partial charge on any atom is -0.264 e. The van der Waals surface area contributed by atoms with Crippen LogP contribution in [0.15, 0.2) is 84.4 Å². The summed E-state index contributed by atoms with van der Waals surface area (Å²) >= 11 is 6.01. The normalized spacial score (nSPS) is 11.7. The van der Waals surface area contributed by atoms with E-state index in [1.54, 1.807) is 48.9 Å². The minimum absolute atomic E-state index is 0.0705. The van der Waals surface area contributed by atoms with Gasteiger partial charge in [-0.3, -0.25) is 4.98 Å². The molecular formula is C23H16ClN5O2S. The maximum absolute atomic E-state index is 13.5. The van der Waals surface area contributed by atoms with Gasteiger partial charge in [0.1, 0.15) is 0 Å². The van der Waals surface area contributed by atoms with Crippen molar-refractivity contribution in [3.8, 4) is 22.4 Å². The molecule has 0 radical (unpaired) electrons. The quantitative estimate of drug-likeness (QED) is 0.358. The van der Waals surface area contributed by atoms with E-state index in [1.807, 2.05) is 25.1 Å². The molecule has 4 heterocycles. The van der Waals surface area contributed by atoms with Crippen LogP contribution in [0.5, 0.6) is 0 Å². The smallest absolute Gasteiger partial charge is 0.264 e. The standard InChI is InChI=1S/C23H16ClN5O2S/c1-15-4-6-18(7-5-15)32(30,31)29-14-20(21-8-10-26-23(24)28-21)19-11-17(13-27-22(19)29)16-3-2-9-25-12-16/h2-14H,1H3. The van der Waals surface area contributed by atoms with Gasteiger partial charge in [-0.05, 0) is 48.9 Å². The minimum atomic E-state index is -3.89. The Morgan fingerprint density at radius 2 is 1.75 bits per heavy atom. The molecule has 0 amide bonds. The van der Waals surface area contributed by atoms with Crippen LogP contribution in [0.2, 0.25) is 5.28 Å². The van der Waals surface area contributed by atoms with E-state index in [0.717, 1.165) is 16.7 Å². The number of hydrogen-bond acceptors (Lipinski definition) is 6. The molecule has 0 fully saturated rings. The number of aromatic nitrogens is 5. The predicted octanol–water partition coefficient (Wildman–Crippen LogP) is 4.75. The van der Waals surface area contributed by atoms with Gasteiger partial charge >= 0.3 is 0 Å². The Hall–Kier alpha value is -3.62. The second-order valence-corrected chi connectivity index (χ2v) is 9.36. The third-order valence-electron chi connectivity index (χ3n) is 5.09. The Labute approximate surface area is 189 Å². The molecule has 9 heteroatoms. The number of halogens is 1. The average Bonchev–Trinajstić information content (AvgIpc) is 3.20. The van der Waals surface area contributed by atoms with Crippen LogP contribution in [-0.2, 0) is 10.0 Å². The van der Waals surface area contributed by atoms with Crippen LogP contribution < -0.4 is 0 Å². The second-order valence-electron chi connectivity index (χ2n) is 7.20. The molecule has 5 rings (SSSR count). The van der Waals surface area contributed by atoms with E-state index in [1.165, 1.54) is 16.4 Å². The van der Waals surface area contributed by atoms with Gasteiger partial charge in [-0.15, -0.1) is 0 Å². The van der Waals surface area contributed by atoms with Crippen LogP contribution >= 0.6 is 11.6 Å². The fraction of sp³-hybridized carbons (Fsp3) is 0.0435. The second kappa shape index (κ2) is 7.81. The fourth-order valence-electron chi connectivity index (χ4n) is 3.47. The molecule has 0 aliphatic heterocycles. The first-order valence-electron chi connectivity index (χ1n) is 9.66. The molecule has 0 saturated heterocycles. The van der Waals surface area contributed by atoms with E-state index in [-0.39, 0.29) is 10.2 Å². The number of fused-ring (bicyclic) bond motifs is 1. The van der Waals surface area contributed by atoms with Crippen molar-refractivity contribution in [3.63, 3.8) is 0 Å². The van der Waals surface area contributed by atoms with Crippen LogP contribution in [0, 0.1) is 6.92 Å². The Balaban J connectivity index is 1.78. The summed E-state index contributed by atoms with van der Waals surface area (Å²) < 4.78 is 28.1. The van der Waals surface area contributed by atoms with Crippen molar-refractivity contribution in [2.24, 2.45) is 0 Å². The lowest BCUT2D eigenvalue weighted by molar-refractivity contribution is 0.589. The molecule has 0 unspecified atom stereocenters. The van der Waals surface area contributed by atoms with Crippen LogP contribution in [0.1, 0.15) is 5.56 Å². The lowest BCUT2D eigenvalue weighted by Gasteiger charge is -2.08. The molecule has 0 bridgehead atoms. The molecular weight excluding hydrogens is 446 g/mol. The zero-order valence-corrected chi connectivity index (χ0v) is 18.4. The van der Waals surface area contributed by atoms with E-state index >= 15 is 0 Å². The Kier molecular flexibility index (Phi) is 4.96. The first-order chi connectivity index (χ1) is 15.4. The fourth-order valence-corrected chi connectivity index (χ4v) is 4.94. The SMILES string of the molecule is Cc1ccc(S(=O)(=O)n2cc(-c3ccnc(Cl)n3)c3cc(-c4cccnc4)cnc32)cc1. The topological polar surface area (TPSA) is 90.6 Å². The molecule has 0 aliphatic rings. The van der Waals surface area contributed by atoms with Crippen molar-refractivity contribution in [1.82, 2.24) is 23.9 Å². The van der Waals surface area contributed by atoms with Crippen LogP contribution in [0.3, 0.4) is 0 Å². The Morgan fingerprint density at radius 1 is 0.938 bits per heavy atom. The summed E-state index contributed by atoms with van der Waals surface area (Å²) in [5.74, 6) is 0. The Morgan fingerprint density at radius 3 is 2.47 bits per heavy atom.